The van der Waals surface area contributed by atoms with Crippen molar-refractivity contribution < 1.29 is 0 Å². The van der Waals surface area contributed by atoms with E-state index in [2.05, 4.69) is 4.90 Å². The van der Waals surface area contributed by atoms with E-state index in [-0.39, 0.29) is 0 Å². The summed E-state index contributed by atoms with van der Waals surface area (Å²) in [5.74, 6) is 5.57. The molecule has 5 aliphatic rings. The summed E-state index contributed by atoms with van der Waals surface area (Å²) in [6.07, 6.45) is 17.2. The number of hydrogen-bond acceptors (Lipinski definition) is 1. The molecular weight excluding hydrogens is 242 g/mol. The summed E-state index contributed by atoms with van der Waals surface area (Å²) in [6, 6.07) is 2.02. The highest BCUT2D eigenvalue weighted by atomic mass is 15.2. The van der Waals surface area contributed by atoms with Crippen LogP contribution in [0.2, 0.25) is 0 Å². The number of fused-ring (bicyclic) bond motifs is 6. The third-order valence-electron chi connectivity index (χ3n) is 8.17. The van der Waals surface area contributed by atoms with Crippen LogP contribution in [0.1, 0.15) is 70.6 Å². The molecule has 5 fully saturated rings. The normalized spacial score (nSPS) is 54.9. The van der Waals surface area contributed by atoms with E-state index in [0.717, 1.165) is 41.7 Å². The summed E-state index contributed by atoms with van der Waals surface area (Å²) in [5, 5.41) is 0. The van der Waals surface area contributed by atoms with E-state index in [9.17, 15) is 0 Å². The van der Waals surface area contributed by atoms with Gasteiger partial charge < -0.3 is 0 Å². The van der Waals surface area contributed by atoms with Gasteiger partial charge in [-0.15, -0.1) is 0 Å². The van der Waals surface area contributed by atoms with Gasteiger partial charge in [-0.2, -0.15) is 0 Å². The second kappa shape index (κ2) is 4.73. The molecule has 0 N–H and O–H groups in total. The van der Waals surface area contributed by atoms with Gasteiger partial charge in [-0.25, -0.2) is 0 Å². The van der Waals surface area contributed by atoms with Crippen LogP contribution in [0, 0.1) is 29.6 Å². The van der Waals surface area contributed by atoms with Gasteiger partial charge in [0.1, 0.15) is 0 Å². The van der Waals surface area contributed by atoms with Crippen LogP contribution in [0.5, 0.6) is 0 Å². The monoisotopic (exact) mass is 273 g/mol. The van der Waals surface area contributed by atoms with Crippen molar-refractivity contribution in [3.63, 3.8) is 0 Å². The van der Waals surface area contributed by atoms with Crippen LogP contribution in [0.15, 0.2) is 0 Å². The van der Waals surface area contributed by atoms with Gasteiger partial charge in [0.15, 0.2) is 0 Å². The maximum absolute atomic E-state index is 3.06. The van der Waals surface area contributed by atoms with Crippen LogP contribution in [-0.2, 0) is 0 Å². The predicted octanol–water partition coefficient (Wildman–Crippen LogP) is 4.47. The molecule has 0 amide bonds. The van der Waals surface area contributed by atoms with E-state index < -0.39 is 0 Å². The molecule has 7 atom stereocenters. The molecule has 1 heteroatoms. The molecule has 0 aromatic rings. The Kier molecular flexibility index (Phi) is 2.96. The fraction of sp³-hybridized carbons (Fsp3) is 1.00. The number of hydrogen-bond donors (Lipinski definition) is 0. The second-order valence-electron chi connectivity index (χ2n) is 8.78. The summed E-state index contributed by atoms with van der Waals surface area (Å²) >= 11 is 0. The molecule has 3 aliphatic carbocycles. The lowest BCUT2D eigenvalue weighted by Crippen LogP contribution is -2.59. The fourth-order valence-corrected chi connectivity index (χ4v) is 7.33. The van der Waals surface area contributed by atoms with Crippen molar-refractivity contribution in [1.82, 2.24) is 4.90 Å². The third kappa shape index (κ3) is 1.77. The molecule has 0 radical (unpaired) electrons. The average molecular weight is 273 g/mol. The van der Waals surface area contributed by atoms with E-state index in [1.807, 2.05) is 0 Å². The van der Waals surface area contributed by atoms with Gasteiger partial charge in [0, 0.05) is 12.1 Å². The van der Waals surface area contributed by atoms with Gasteiger partial charge in [0.25, 0.3) is 0 Å². The minimum absolute atomic E-state index is 1.01. The molecule has 20 heavy (non-hydrogen) atoms. The van der Waals surface area contributed by atoms with Crippen LogP contribution in [0.25, 0.3) is 0 Å². The van der Waals surface area contributed by atoms with Crippen molar-refractivity contribution in [2.24, 2.45) is 29.6 Å². The molecule has 2 aliphatic heterocycles. The first-order chi connectivity index (χ1) is 9.90. The van der Waals surface area contributed by atoms with Gasteiger partial charge in [-0.3, -0.25) is 4.90 Å². The first-order valence-corrected chi connectivity index (χ1v) is 9.66. The fourth-order valence-electron chi connectivity index (χ4n) is 7.33. The summed E-state index contributed by atoms with van der Waals surface area (Å²) in [7, 11) is 0. The van der Waals surface area contributed by atoms with Crippen molar-refractivity contribution in [2.45, 2.75) is 82.7 Å². The smallest absolute Gasteiger partial charge is 0.0129 e. The topological polar surface area (TPSA) is 3.24 Å². The molecule has 0 aromatic heterocycles. The molecule has 112 valence electrons. The van der Waals surface area contributed by atoms with E-state index >= 15 is 0 Å². The van der Waals surface area contributed by atoms with Gasteiger partial charge >= 0.3 is 0 Å². The minimum Gasteiger partial charge on any atom is -0.297 e. The predicted molar refractivity (Wildman–Crippen MR) is 82.5 cm³/mol. The van der Waals surface area contributed by atoms with Crippen molar-refractivity contribution in [3.05, 3.63) is 0 Å². The van der Waals surface area contributed by atoms with E-state index in [1.54, 1.807) is 70.6 Å². The zero-order valence-electron chi connectivity index (χ0n) is 13.0. The lowest BCUT2D eigenvalue weighted by Gasteiger charge is -2.56. The molecule has 2 heterocycles. The molecule has 0 aromatic carbocycles. The Bertz CT molecular complexity index is 378. The van der Waals surface area contributed by atoms with Crippen molar-refractivity contribution in [2.75, 3.05) is 6.54 Å². The summed E-state index contributed by atoms with van der Waals surface area (Å²) < 4.78 is 0. The molecule has 3 saturated carbocycles. The summed E-state index contributed by atoms with van der Waals surface area (Å²) in [6.45, 7) is 1.46. The Hall–Kier alpha value is -0.0400. The number of piperidine rings is 2. The summed E-state index contributed by atoms with van der Waals surface area (Å²) in [5.41, 5.74) is 0. The highest BCUT2D eigenvalue weighted by Crippen LogP contribution is 2.53. The highest BCUT2D eigenvalue weighted by Gasteiger charge is 2.50. The Morgan fingerprint density at radius 1 is 0.550 bits per heavy atom. The SMILES string of the molecule is C1CC2CC3CCC4C5CCCC5CCN4C3CC2C1. The zero-order chi connectivity index (χ0) is 13.1. The molecule has 0 spiro atoms. The van der Waals surface area contributed by atoms with E-state index in [4.69, 9.17) is 0 Å². The first-order valence-electron chi connectivity index (χ1n) is 9.66. The molecule has 7 unspecified atom stereocenters. The van der Waals surface area contributed by atoms with Gasteiger partial charge in [-0.1, -0.05) is 32.1 Å². The maximum Gasteiger partial charge on any atom is 0.0129 e. The first kappa shape index (κ1) is 12.5. The van der Waals surface area contributed by atoms with Gasteiger partial charge in [-0.05, 0) is 74.7 Å². The average Bonchev–Trinajstić information content (AvgIpc) is 3.12. The van der Waals surface area contributed by atoms with Crippen molar-refractivity contribution in [1.29, 1.82) is 0 Å². The standard InChI is InChI=1S/C19H31N/c1-4-14-11-16-7-8-18-17-6-2-3-13(17)9-10-20(18)19(16)12-15(14)5-1/h13-19H,1-12H2. The maximum atomic E-state index is 3.06. The largest absolute Gasteiger partial charge is 0.297 e. The van der Waals surface area contributed by atoms with Crippen LogP contribution in [0.3, 0.4) is 0 Å². The third-order valence-corrected chi connectivity index (χ3v) is 8.17. The summed E-state index contributed by atoms with van der Waals surface area (Å²) in [4.78, 5) is 3.06. The van der Waals surface area contributed by atoms with Crippen molar-refractivity contribution in [3.8, 4) is 0 Å². The van der Waals surface area contributed by atoms with Crippen LogP contribution >= 0.6 is 0 Å². The Labute approximate surface area is 124 Å². The second-order valence-corrected chi connectivity index (χ2v) is 8.78. The van der Waals surface area contributed by atoms with Crippen LogP contribution in [-0.4, -0.2) is 23.5 Å². The van der Waals surface area contributed by atoms with Gasteiger partial charge in [0.05, 0.1) is 0 Å². The van der Waals surface area contributed by atoms with Crippen LogP contribution < -0.4 is 0 Å². The zero-order valence-corrected chi connectivity index (χ0v) is 13.0. The quantitative estimate of drug-likeness (QED) is 0.629. The Morgan fingerprint density at radius 3 is 2.30 bits per heavy atom. The number of rotatable bonds is 0. The van der Waals surface area contributed by atoms with Crippen LogP contribution in [0.4, 0.5) is 0 Å². The highest BCUT2D eigenvalue weighted by molar-refractivity contribution is 5.03. The molecule has 0 bridgehead atoms. The van der Waals surface area contributed by atoms with Crippen molar-refractivity contribution >= 4 is 0 Å². The lowest BCUT2D eigenvalue weighted by atomic mass is 9.65. The number of nitrogens with zero attached hydrogens (tertiary/aromatic N) is 1. The molecule has 1 nitrogen and oxygen atoms in total. The van der Waals surface area contributed by atoms with E-state index in [0.29, 0.717) is 0 Å². The Balaban J connectivity index is 1.38. The lowest BCUT2D eigenvalue weighted by molar-refractivity contribution is -0.0631. The molecule has 5 rings (SSSR count). The Morgan fingerprint density at radius 2 is 1.35 bits per heavy atom. The minimum atomic E-state index is 1.01. The van der Waals surface area contributed by atoms with Gasteiger partial charge in [0.2, 0.25) is 0 Å². The molecule has 2 saturated heterocycles. The van der Waals surface area contributed by atoms with E-state index in [1.165, 1.54) is 6.54 Å². The molecular formula is C19H31N.